The summed E-state index contributed by atoms with van der Waals surface area (Å²) in [6, 6.07) is 7.33. The van der Waals surface area contributed by atoms with Crippen LogP contribution in [0.2, 0.25) is 5.02 Å². The average Bonchev–Trinajstić information content (AvgIpc) is 3.21. The Bertz CT molecular complexity index is 990. The number of piperazine rings is 1. The summed E-state index contributed by atoms with van der Waals surface area (Å²) in [5.74, 6) is 0.854. The van der Waals surface area contributed by atoms with Gasteiger partial charge in [-0.3, -0.25) is 14.4 Å². The monoisotopic (exact) mass is 517 g/mol. The summed E-state index contributed by atoms with van der Waals surface area (Å²) in [6.07, 6.45) is 4.74. The van der Waals surface area contributed by atoms with Gasteiger partial charge in [0.05, 0.1) is 18.7 Å². The van der Waals surface area contributed by atoms with Crippen LogP contribution in [0.4, 0.5) is 0 Å². The minimum atomic E-state index is -0.718. The van der Waals surface area contributed by atoms with Crippen molar-refractivity contribution in [2.24, 2.45) is 0 Å². The van der Waals surface area contributed by atoms with E-state index in [1.807, 2.05) is 29.2 Å². The fourth-order valence-electron chi connectivity index (χ4n) is 4.88. The lowest BCUT2D eigenvalue weighted by Crippen LogP contribution is -2.58. The van der Waals surface area contributed by atoms with Crippen molar-refractivity contribution in [1.82, 2.24) is 24.5 Å². The predicted octanol–water partition coefficient (Wildman–Crippen LogP) is 3.46. The van der Waals surface area contributed by atoms with Gasteiger partial charge in [0.15, 0.2) is 0 Å². The van der Waals surface area contributed by atoms with Crippen molar-refractivity contribution in [3.8, 4) is 5.75 Å². The number of aromatic nitrogens is 2. The number of rotatable bonds is 10. The summed E-state index contributed by atoms with van der Waals surface area (Å²) in [6.45, 7) is 11.6. The highest BCUT2D eigenvalue weighted by Crippen LogP contribution is 2.27. The molecule has 0 spiro atoms. The molecule has 3 heterocycles. The van der Waals surface area contributed by atoms with E-state index in [-0.39, 0.29) is 5.91 Å². The minimum Gasteiger partial charge on any atom is -0.491 e. The van der Waals surface area contributed by atoms with Crippen LogP contribution in [0.25, 0.3) is 0 Å². The van der Waals surface area contributed by atoms with Crippen LogP contribution in [0.15, 0.2) is 30.5 Å². The highest BCUT2D eigenvalue weighted by Gasteiger charge is 2.41. The Labute approximate surface area is 220 Å². The van der Waals surface area contributed by atoms with E-state index in [4.69, 9.17) is 26.2 Å². The molecule has 2 aliphatic heterocycles. The summed E-state index contributed by atoms with van der Waals surface area (Å²) < 4.78 is 14.6. The number of morpholine rings is 1. The van der Waals surface area contributed by atoms with E-state index >= 15 is 0 Å². The molecule has 1 aromatic heterocycles. The quantitative estimate of drug-likeness (QED) is 0.481. The molecule has 9 heteroatoms. The molecule has 2 aromatic rings. The van der Waals surface area contributed by atoms with Crippen molar-refractivity contribution in [2.45, 2.75) is 51.8 Å². The van der Waals surface area contributed by atoms with Gasteiger partial charge in [-0.1, -0.05) is 24.9 Å². The van der Waals surface area contributed by atoms with Gasteiger partial charge in [0.1, 0.15) is 18.0 Å². The van der Waals surface area contributed by atoms with Crippen molar-refractivity contribution in [3.05, 3.63) is 46.7 Å². The maximum Gasteiger partial charge on any atom is 0.225 e. The second-order valence-corrected chi connectivity index (χ2v) is 10.6. The summed E-state index contributed by atoms with van der Waals surface area (Å²) in [7, 11) is 2.10. The number of ether oxygens (including phenoxy) is 2. The number of carbonyl (C=O) groups excluding carboxylic acids is 1. The molecule has 1 aromatic carbocycles. The third kappa shape index (κ3) is 7.22. The van der Waals surface area contributed by atoms with E-state index in [2.05, 4.69) is 41.6 Å². The SMILES string of the molecule is CCCCn1cc(CN2CCO[C@](COc3ccc(Cl)cc3)(CC(=O)N3CCN(C)CC3)C2)c(C)n1. The molecule has 8 nitrogen and oxygen atoms in total. The molecule has 4 rings (SSSR count). The van der Waals surface area contributed by atoms with Crippen LogP contribution < -0.4 is 4.74 Å². The van der Waals surface area contributed by atoms with E-state index in [1.54, 1.807) is 0 Å². The largest absolute Gasteiger partial charge is 0.491 e. The first kappa shape index (κ1) is 26.9. The van der Waals surface area contributed by atoms with Gasteiger partial charge in [-0.2, -0.15) is 5.10 Å². The number of hydrogen-bond acceptors (Lipinski definition) is 6. The number of likely N-dealkylation sites (N-methyl/N-ethyl adjacent to an activating group) is 1. The number of hydrogen-bond donors (Lipinski definition) is 0. The highest BCUT2D eigenvalue weighted by atomic mass is 35.5. The summed E-state index contributed by atoms with van der Waals surface area (Å²) in [4.78, 5) is 20.0. The van der Waals surface area contributed by atoms with Crippen molar-refractivity contribution >= 4 is 17.5 Å². The molecule has 36 heavy (non-hydrogen) atoms. The summed E-state index contributed by atoms with van der Waals surface area (Å²) >= 11 is 6.04. The topological polar surface area (TPSA) is 63.1 Å². The Balaban J connectivity index is 1.47. The number of nitrogens with zero attached hydrogens (tertiary/aromatic N) is 5. The average molecular weight is 518 g/mol. The number of aryl methyl sites for hydroxylation is 2. The Kier molecular flexibility index (Phi) is 9.28. The van der Waals surface area contributed by atoms with Crippen molar-refractivity contribution < 1.29 is 14.3 Å². The molecule has 0 saturated carbocycles. The van der Waals surface area contributed by atoms with Gasteiger partial charge in [0, 0.05) is 69.1 Å². The van der Waals surface area contributed by atoms with Gasteiger partial charge in [-0.25, -0.2) is 0 Å². The van der Waals surface area contributed by atoms with Gasteiger partial charge in [-0.05, 0) is 44.7 Å². The summed E-state index contributed by atoms with van der Waals surface area (Å²) in [5.41, 5.74) is 1.57. The molecule has 1 amide bonds. The predicted molar refractivity (Wildman–Crippen MR) is 141 cm³/mol. The Morgan fingerprint density at radius 3 is 2.64 bits per heavy atom. The normalized spacial score (nSPS) is 21.6. The lowest BCUT2D eigenvalue weighted by molar-refractivity contribution is -0.157. The van der Waals surface area contributed by atoms with E-state index < -0.39 is 5.60 Å². The first-order valence-electron chi connectivity index (χ1n) is 13.1. The van der Waals surface area contributed by atoms with Crippen LogP contribution in [-0.2, 0) is 22.6 Å². The molecule has 1 atom stereocenters. The van der Waals surface area contributed by atoms with E-state index in [1.165, 1.54) is 5.56 Å². The van der Waals surface area contributed by atoms with Crippen molar-refractivity contribution in [2.75, 3.05) is 59.5 Å². The molecular formula is C27H40ClN5O3. The van der Waals surface area contributed by atoms with Crippen LogP contribution in [0, 0.1) is 6.92 Å². The van der Waals surface area contributed by atoms with Crippen molar-refractivity contribution in [1.29, 1.82) is 0 Å². The van der Waals surface area contributed by atoms with E-state index in [9.17, 15) is 4.79 Å². The lowest BCUT2D eigenvalue weighted by atomic mass is 9.96. The second-order valence-electron chi connectivity index (χ2n) is 10.2. The second kappa shape index (κ2) is 12.4. The fraction of sp³-hybridized carbons (Fsp3) is 0.630. The van der Waals surface area contributed by atoms with Gasteiger partial charge >= 0.3 is 0 Å². The third-order valence-corrected chi connectivity index (χ3v) is 7.41. The minimum absolute atomic E-state index is 0.133. The third-order valence-electron chi connectivity index (χ3n) is 7.16. The molecule has 0 N–H and O–H groups in total. The zero-order chi connectivity index (χ0) is 25.5. The molecule has 2 aliphatic rings. The molecule has 0 aliphatic carbocycles. The number of benzene rings is 1. The van der Waals surface area contributed by atoms with Crippen LogP contribution in [-0.4, -0.2) is 95.5 Å². The molecule has 2 saturated heterocycles. The molecule has 198 valence electrons. The van der Waals surface area contributed by atoms with Gasteiger partial charge in [0.25, 0.3) is 0 Å². The fourth-order valence-corrected chi connectivity index (χ4v) is 5.01. The number of amides is 1. The maximum absolute atomic E-state index is 13.4. The zero-order valence-electron chi connectivity index (χ0n) is 21.9. The number of unbranched alkanes of at least 4 members (excludes halogenated alkanes) is 1. The Morgan fingerprint density at radius 2 is 1.92 bits per heavy atom. The van der Waals surface area contributed by atoms with Gasteiger partial charge in [-0.15, -0.1) is 0 Å². The Morgan fingerprint density at radius 1 is 1.17 bits per heavy atom. The lowest BCUT2D eigenvalue weighted by Gasteiger charge is -2.43. The maximum atomic E-state index is 13.4. The Hall–Kier alpha value is -2.13. The van der Waals surface area contributed by atoms with E-state index in [0.29, 0.717) is 31.2 Å². The van der Waals surface area contributed by atoms with E-state index in [0.717, 1.165) is 70.1 Å². The summed E-state index contributed by atoms with van der Waals surface area (Å²) in [5, 5.41) is 5.37. The first-order valence-corrected chi connectivity index (χ1v) is 13.5. The van der Waals surface area contributed by atoms with Crippen LogP contribution >= 0.6 is 11.6 Å². The molecule has 0 radical (unpaired) electrons. The van der Waals surface area contributed by atoms with Crippen LogP contribution in [0.5, 0.6) is 5.75 Å². The standard InChI is InChI=1S/C27H40ClN5O3/c1-4-5-10-33-19-23(22(2)29-33)18-31-15-16-36-27(20-31,21-35-25-8-6-24(28)7-9-25)17-26(34)32-13-11-30(3)12-14-32/h6-9,19H,4-5,10-18,20-21H2,1-3H3/t27-/m1/s1. The molecular weight excluding hydrogens is 478 g/mol. The zero-order valence-corrected chi connectivity index (χ0v) is 22.7. The number of carbonyl (C=O) groups is 1. The smallest absolute Gasteiger partial charge is 0.225 e. The van der Waals surface area contributed by atoms with Gasteiger partial charge in [0.2, 0.25) is 5.91 Å². The first-order chi connectivity index (χ1) is 17.4. The molecule has 0 bridgehead atoms. The molecule has 2 fully saturated rings. The van der Waals surface area contributed by atoms with Crippen LogP contribution in [0.3, 0.4) is 0 Å². The highest BCUT2D eigenvalue weighted by molar-refractivity contribution is 6.30. The van der Waals surface area contributed by atoms with Gasteiger partial charge < -0.3 is 19.3 Å². The molecule has 0 unspecified atom stereocenters. The number of halogens is 1. The van der Waals surface area contributed by atoms with Crippen LogP contribution in [0.1, 0.15) is 37.4 Å². The van der Waals surface area contributed by atoms with Crippen molar-refractivity contribution in [3.63, 3.8) is 0 Å².